The summed E-state index contributed by atoms with van der Waals surface area (Å²) in [7, 11) is 0. The molecule has 29 heavy (non-hydrogen) atoms. The molecule has 2 saturated heterocycles. The maximum atomic E-state index is 12.4. The van der Waals surface area contributed by atoms with Crippen LogP contribution in [0.25, 0.3) is 0 Å². The van der Waals surface area contributed by atoms with Gasteiger partial charge in [0.15, 0.2) is 0 Å². The first kappa shape index (κ1) is 26.4. The molecule has 2 aliphatic rings. The number of carbonyl (C=O) groups excluding carboxylic acids is 1. The van der Waals surface area contributed by atoms with Crippen LogP contribution in [0, 0.1) is 6.92 Å². The van der Waals surface area contributed by atoms with E-state index in [1.165, 1.54) is 23.0 Å². The van der Waals surface area contributed by atoms with Crippen molar-refractivity contribution in [1.29, 1.82) is 0 Å². The number of rotatable bonds is 6. The summed E-state index contributed by atoms with van der Waals surface area (Å²) in [5, 5.41) is 0.247. The van der Waals surface area contributed by atoms with Gasteiger partial charge in [0.05, 0.1) is 5.54 Å². The quantitative estimate of drug-likeness (QED) is 0.524. The van der Waals surface area contributed by atoms with Crippen molar-refractivity contribution >= 4 is 47.5 Å². The van der Waals surface area contributed by atoms with Gasteiger partial charge in [0.25, 0.3) is 5.24 Å². The number of nitrogens with zero attached hydrogens (tertiary/aromatic N) is 3. The molecule has 0 unspecified atom stereocenters. The van der Waals surface area contributed by atoms with E-state index in [1.807, 2.05) is 0 Å². The molecule has 3 rings (SSSR count). The van der Waals surface area contributed by atoms with E-state index in [0.29, 0.717) is 0 Å². The van der Waals surface area contributed by atoms with E-state index in [1.54, 1.807) is 0 Å². The number of aryl methyl sites for hydroxylation is 1. The van der Waals surface area contributed by atoms with Crippen LogP contribution in [0.2, 0.25) is 0 Å². The van der Waals surface area contributed by atoms with Gasteiger partial charge in [-0.25, -0.2) is 0 Å². The van der Waals surface area contributed by atoms with Crippen LogP contribution in [-0.2, 0) is 0 Å². The molecule has 0 aliphatic carbocycles. The van der Waals surface area contributed by atoms with E-state index in [9.17, 15) is 4.79 Å². The Labute approximate surface area is 193 Å². The highest BCUT2D eigenvalue weighted by atomic mass is 35.5. The zero-order valence-electron chi connectivity index (χ0n) is 18.4. The van der Waals surface area contributed by atoms with E-state index < -0.39 is 0 Å². The third-order valence-electron chi connectivity index (χ3n) is 6.56. The van der Waals surface area contributed by atoms with Crippen molar-refractivity contribution in [2.45, 2.75) is 57.7 Å². The van der Waals surface area contributed by atoms with Gasteiger partial charge in [-0.1, -0.05) is 23.9 Å². The average Bonchev–Trinajstić information content (AvgIpc) is 2.76. The van der Waals surface area contributed by atoms with E-state index in [2.05, 4.69) is 73.6 Å². The van der Waals surface area contributed by atoms with Crippen LogP contribution in [0.5, 0.6) is 0 Å². The van der Waals surface area contributed by atoms with Crippen LogP contribution < -0.4 is 4.90 Å². The third-order valence-corrected chi connectivity index (χ3v) is 7.96. The van der Waals surface area contributed by atoms with Crippen LogP contribution in [0.4, 0.5) is 10.5 Å². The average molecular weight is 463 g/mol. The van der Waals surface area contributed by atoms with Gasteiger partial charge in [0.1, 0.15) is 0 Å². The highest BCUT2D eigenvalue weighted by Crippen LogP contribution is 2.48. The van der Waals surface area contributed by atoms with Crippen LogP contribution >= 0.6 is 36.6 Å². The van der Waals surface area contributed by atoms with E-state index in [4.69, 9.17) is 0 Å². The van der Waals surface area contributed by atoms with Crippen LogP contribution in [0.15, 0.2) is 24.3 Å². The molecule has 2 fully saturated rings. The predicted octanol–water partition coefficient (Wildman–Crippen LogP) is 5.47. The smallest absolute Gasteiger partial charge is 0.282 e. The van der Waals surface area contributed by atoms with Gasteiger partial charge in [0.2, 0.25) is 0 Å². The molecule has 166 valence electrons. The first-order chi connectivity index (χ1) is 12.7. The van der Waals surface area contributed by atoms with E-state index >= 15 is 0 Å². The molecule has 0 radical (unpaired) electrons. The van der Waals surface area contributed by atoms with E-state index in [0.717, 1.165) is 52.1 Å². The van der Waals surface area contributed by atoms with Gasteiger partial charge in [-0.15, -0.1) is 24.8 Å². The van der Waals surface area contributed by atoms with Crippen molar-refractivity contribution in [3.05, 3.63) is 29.8 Å². The maximum absolute atomic E-state index is 12.4. The number of halogens is 2. The zero-order valence-corrected chi connectivity index (χ0v) is 20.9. The van der Waals surface area contributed by atoms with Gasteiger partial charge in [-0.05, 0) is 71.7 Å². The fourth-order valence-electron chi connectivity index (χ4n) is 3.98. The first-order valence-electron chi connectivity index (χ1n) is 10.3. The Hall–Kier alpha value is -0.620. The Kier molecular flexibility index (Phi) is 9.66. The van der Waals surface area contributed by atoms with Crippen LogP contribution in [0.3, 0.4) is 0 Å². The lowest BCUT2D eigenvalue weighted by molar-refractivity contribution is 0.141. The number of hydrogen-bond donors (Lipinski definition) is 0. The summed E-state index contributed by atoms with van der Waals surface area (Å²) in [6, 6.07) is 8.81. The summed E-state index contributed by atoms with van der Waals surface area (Å²) in [5.41, 5.74) is 2.61. The number of amides is 1. The summed E-state index contributed by atoms with van der Waals surface area (Å²) >= 11 is 1.49. The minimum absolute atomic E-state index is 0. The molecular weight excluding hydrogens is 425 g/mol. The summed E-state index contributed by atoms with van der Waals surface area (Å²) in [4.78, 5) is 19.5. The van der Waals surface area contributed by atoms with Gasteiger partial charge < -0.3 is 9.80 Å². The lowest BCUT2D eigenvalue weighted by Crippen LogP contribution is -2.50. The minimum atomic E-state index is -0.0752. The largest absolute Gasteiger partial charge is 0.369 e. The summed E-state index contributed by atoms with van der Waals surface area (Å²) in [5.74, 6) is 0. The second kappa shape index (κ2) is 10.6. The number of unbranched alkanes of at least 4 members (excludes halogenated alkanes) is 1. The molecule has 7 heteroatoms. The van der Waals surface area contributed by atoms with Gasteiger partial charge in [0, 0.05) is 43.2 Å². The van der Waals surface area contributed by atoms with Crippen LogP contribution in [0.1, 0.15) is 46.1 Å². The number of carbonyl (C=O) groups is 1. The van der Waals surface area contributed by atoms with Gasteiger partial charge >= 0.3 is 0 Å². The molecule has 2 heterocycles. The zero-order chi connectivity index (χ0) is 19.7. The fourth-order valence-corrected chi connectivity index (χ4v) is 5.21. The van der Waals surface area contributed by atoms with Crippen molar-refractivity contribution in [2.75, 3.05) is 44.2 Å². The summed E-state index contributed by atoms with van der Waals surface area (Å²) in [6.45, 7) is 17.4. The molecular formula is C22H37Cl2N3OS. The molecule has 1 aromatic rings. The standard InChI is InChI=1S/C22H35N3OS.2ClH/c1-18-9-8-10-19(17-18)24-15-13-23(14-16-24)11-6-7-12-25-20(26)27-22(4,5)21(25,2)3;;/h8-10,17H,6-7,11-16H2,1-5H3;2*1H. The second-order valence-electron chi connectivity index (χ2n) is 8.96. The highest BCUT2D eigenvalue weighted by molar-refractivity contribution is 8.15. The van der Waals surface area contributed by atoms with Crippen molar-refractivity contribution < 1.29 is 4.79 Å². The van der Waals surface area contributed by atoms with Gasteiger partial charge in [-0.3, -0.25) is 9.69 Å². The van der Waals surface area contributed by atoms with Crippen molar-refractivity contribution in [3.63, 3.8) is 0 Å². The number of thioether (sulfide) groups is 1. The first-order valence-corrected chi connectivity index (χ1v) is 11.1. The predicted molar refractivity (Wildman–Crippen MR) is 131 cm³/mol. The third kappa shape index (κ3) is 5.96. The Bertz CT molecular complexity index is 676. The minimum Gasteiger partial charge on any atom is -0.369 e. The van der Waals surface area contributed by atoms with Crippen LogP contribution in [-0.4, -0.2) is 64.6 Å². The number of piperazine rings is 1. The van der Waals surface area contributed by atoms with Gasteiger partial charge in [-0.2, -0.15) is 0 Å². The molecule has 0 saturated carbocycles. The lowest BCUT2D eigenvalue weighted by atomic mass is 9.88. The monoisotopic (exact) mass is 461 g/mol. The Morgan fingerprint density at radius 2 is 1.59 bits per heavy atom. The van der Waals surface area contributed by atoms with Crippen molar-refractivity contribution in [3.8, 4) is 0 Å². The molecule has 0 atom stereocenters. The maximum Gasteiger partial charge on any atom is 0.282 e. The molecule has 0 bridgehead atoms. The molecule has 4 nitrogen and oxygen atoms in total. The molecule has 1 aromatic carbocycles. The normalized spacial score (nSPS) is 20.9. The van der Waals surface area contributed by atoms with Crippen molar-refractivity contribution in [1.82, 2.24) is 9.80 Å². The topological polar surface area (TPSA) is 26.8 Å². The van der Waals surface area contributed by atoms with Crippen molar-refractivity contribution in [2.24, 2.45) is 0 Å². The Morgan fingerprint density at radius 3 is 2.14 bits per heavy atom. The highest BCUT2D eigenvalue weighted by Gasteiger charge is 2.52. The second-order valence-corrected chi connectivity index (χ2v) is 10.5. The SMILES string of the molecule is Cc1cccc(N2CCN(CCCCN3C(=O)SC(C)(C)C3(C)C)CC2)c1.Cl.Cl. The molecule has 1 amide bonds. The molecule has 0 N–H and O–H groups in total. The number of benzene rings is 1. The molecule has 0 aromatic heterocycles. The Balaban J connectivity index is 0.00000210. The Morgan fingerprint density at radius 1 is 0.966 bits per heavy atom. The molecule has 2 aliphatic heterocycles. The lowest BCUT2D eigenvalue weighted by Gasteiger charge is -2.39. The van der Waals surface area contributed by atoms with E-state index in [-0.39, 0.29) is 40.3 Å². The summed E-state index contributed by atoms with van der Waals surface area (Å²) in [6.07, 6.45) is 2.25. The summed E-state index contributed by atoms with van der Waals surface area (Å²) < 4.78 is -0.0177. The molecule has 0 spiro atoms. The fraction of sp³-hybridized carbons (Fsp3) is 0.682. The number of anilines is 1. The number of hydrogen-bond acceptors (Lipinski definition) is 4.